The number of amides is 1. The van der Waals surface area contributed by atoms with Crippen molar-refractivity contribution >= 4 is 11.6 Å². The zero-order valence-electron chi connectivity index (χ0n) is 13.9. The lowest BCUT2D eigenvalue weighted by Crippen LogP contribution is -2.35. The summed E-state index contributed by atoms with van der Waals surface area (Å²) in [6, 6.07) is 17.8. The topological polar surface area (TPSA) is 59.2 Å². The molecule has 0 atom stereocenters. The summed E-state index contributed by atoms with van der Waals surface area (Å²) in [6.45, 7) is 0.773. The van der Waals surface area contributed by atoms with Gasteiger partial charge in [-0.25, -0.2) is 0 Å². The third-order valence-corrected chi connectivity index (χ3v) is 4.46. The summed E-state index contributed by atoms with van der Waals surface area (Å²) in [5, 5.41) is 4.00. The molecule has 0 fully saturated rings. The highest BCUT2D eigenvalue weighted by Crippen LogP contribution is 2.27. The molecule has 5 heteroatoms. The first-order chi connectivity index (χ1) is 12.3. The number of aromatic nitrogens is 2. The second kappa shape index (κ2) is 6.89. The largest absolute Gasteiger partial charge is 0.339 e. The van der Waals surface area contributed by atoms with Crippen molar-refractivity contribution in [1.29, 1.82) is 0 Å². The van der Waals surface area contributed by atoms with E-state index in [0.717, 1.165) is 30.6 Å². The molecule has 1 amide bonds. The maximum Gasteiger partial charge on any atom is 0.227 e. The summed E-state index contributed by atoms with van der Waals surface area (Å²) in [6.07, 6.45) is 2.85. The van der Waals surface area contributed by atoms with Crippen LogP contribution >= 0.6 is 0 Å². The number of para-hydroxylation sites is 1. The van der Waals surface area contributed by atoms with Crippen LogP contribution in [0.25, 0.3) is 11.4 Å². The van der Waals surface area contributed by atoms with E-state index < -0.39 is 0 Å². The molecule has 0 saturated heterocycles. The molecule has 0 spiro atoms. The third kappa shape index (κ3) is 3.31. The molecule has 0 saturated carbocycles. The van der Waals surface area contributed by atoms with Gasteiger partial charge in [-0.05, 0) is 24.5 Å². The quantitative estimate of drug-likeness (QED) is 0.731. The van der Waals surface area contributed by atoms with Gasteiger partial charge in [-0.15, -0.1) is 0 Å². The zero-order chi connectivity index (χ0) is 17.1. The van der Waals surface area contributed by atoms with Crippen LogP contribution in [0.5, 0.6) is 0 Å². The highest BCUT2D eigenvalue weighted by molar-refractivity contribution is 5.94. The molecule has 126 valence electrons. The van der Waals surface area contributed by atoms with Crippen molar-refractivity contribution in [2.45, 2.75) is 25.7 Å². The molecule has 4 rings (SSSR count). The Morgan fingerprint density at radius 3 is 2.76 bits per heavy atom. The van der Waals surface area contributed by atoms with Gasteiger partial charge in [0.15, 0.2) is 0 Å². The first kappa shape index (κ1) is 15.6. The number of fused-ring (bicyclic) bond motifs is 1. The maximum atomic E-state index is 12.6. The number of rotatable bonds is 4. The van der Waals surface area contributed by atoms with E-state index in [9.17, 15) is 4.79 Å². The minimum Gasteiger partial charge on any atom is -0.339 e. The number of hydrogen-bond acceptors (Lipinski definition) is 4. The molecule has 1 aromatic heterocycles. The van der Waals surface area contributed by atoms with Crippen LogP contribution in [-0.4, -0.2) is 22.6 Å². The van der Waals surface area contributed by atoms with Crippen LogP contribution in [0.15, 0.2) is 59.1 Å². The molecule has 1 aliphatic heterocycles. The van der Waals surface area contributed by atoms with Gasteiger partial charge in [-0.2, -0.15) is 4.98 Å². The monoisotopic (exact) mass is 333 g/mol. The number of benzene rings is 2. The van der Waals surface area contributed by atoms with Gasteiger partial charge < -0.3 is 9.42 Å². The molecule has 0 bridgehead atoms. The molecule has 2 heterocycles. The van der Waals surface area contributed by atoms with Gasteiger partial charge in [0.05, 0.1) is 0 Å². The van der Waals surface area contributed by atoms with Crippen LogP contribution in [0, 0.1) is 0 Å². The van der Waals surface area contributed by atoms with E-state index >= 15 is 0 Å². The average molecular weight is 333 g/mol. The van der Waals surface area contributed by atoms with Crippen molar-refractivity contribution in [3.63, 3.8) is 0 Å². The van der Waals surface area contributed by atoms with E-state index in [4.69, 9.17) is 4.52 Å². The first-order valence-corrected chi connectivity index (χ1v) is 8.57. The molecule has 0 aliphatic carbocycles. The van der Waals surface area contributed by atoms with E-state index in [1.54, 1.807) is 0 Å². The standard InChI is InChI=1S/C20H19N3O2/c24-19(23-14-6-10-15-7-4-5-11-17(15)23)13-12-18-21-20(22-25-18)16-8-2-1-3-9-16/h1-5,7-9,11H,6,10,12-14H2. The van der Waals surface area contributed by atoms with Crippen LogP contribution < -0.4 is 4.90 Å². The van der Waals surface area contributed by atoms with Crippen molar-refractivity contribution in [1.82, 2.24) is 10.1 Å². The molecule has 2 aromatic carbocycles. The fourth-order valence-corrected chi connectivity index (χ4v) is 3.20. The zero-order valence-corrected chi connectivity index (χ0v) is 13.9. The SMILES string of the molecule is O=C(CCc1nc(-c2ccccc2)no1)N1CCCc2ccccc21. The summed E-state index contributed by atoms with van der Waals surface area (Å²) in [7, 11) is 0. The molecule has 0 unspecified atom stereocenters. The minimum absolute atomic E-state index is 0.103. The predicted molar refractivity (Wildman–Crippen MR) is 95.2 cm³/mol. The lowest BCUT2D eigenvalue weighted by atomic mass is 10.0. The molecule has 5 nitrogen and oxygen atoms in total. The van der Waals surface area contributed by atoms with Crippen molar-refractivity contribution in [2.24, 2.45) is 0 Å². The van der Waals surface area contributed by atoms with Crippen molar-refractivity contribution in [2.75, 3.05) is 11.4 Å². The van der Waals surface area contributed by atoms with E-state index in [2.05, 4.69) is 16.2 Å². The van der Waals surface area contributed by atoms with Gasteiger partial charge in [0, 0.05) is 30.6 Å². The Kier molecular flexibility index (Phi) is 4.29. The van der Waals surface area contributed by atoms with E-state index in [-0.39, 0.29) is 5.91 Å². The Bertz CT molecular complexity index is 873. The van der Waals surface area contributed by atoms with E-state index in [0.29, 0.717) is 24.6 Å². The van der Waals surface area contributed by atoms with Crippen LogP contribution in [0.4, 0.5) is 5.69 Å². The average Bonchev–Trinajstić information content (AvgIpc) is 3.15. The molecular weight excluding hydrogens is 314 g/mol. The summed E-state index contributed by atoms with van der Waals surface area (Å²) < 4.78 is 5.29. The van der Waals surface area contributed by atoms with Gasteiger partial charge in [0.2, 0.25) is 17.6 Å². The minimum atomic E-state index is 0.103. The fraction of sp³-hybridized carbons (Fsp3) is 0.250. The summed E-state index contributed by atoms with van der Waals surface area (Å²) in [5.41, 5.74) is 3.19. The smallest absolute Gasteiger partial charge is 0.227 e. The Morgan fingerprint density at radius 1 is 1.08 bits per heavy atom. The molecule has 1 aliphatic rings. The molecular formula is C20H19N3O2. The number of carbonyl (C=O) groups is 1. The van der Waals surface area contributed by atoms with Gasteiger partial charge in [-0.1, -0.05) is 53.7 Å². The number of hydrogen-bond donors (Lipinski definition) is 0. The molecule has 25 heavy (non-hydrogen) atoms. The molecule has 3 aromatic rings. The first-order valence-electron chi connectivity index (χ1n) is 8.57. The summed E-state index contributed by atoms with van der Waals surface area (Å²) >= 11 is 0. The molecule has 0 N–H and O–H groups in total. The number of aryl methyl sites for hydroxylation is 2. The van der Waals surface area contributed by atoms with E-state index in [1.807, 2.05) is 53.4 Å². The van der Waals surface area contributed by atoms with E-state index in [1.165, 1.54) is 5.56 Å². The van der Waals surface area contributed by atoms with Gasteiger partial charge in [0.1, 0.15) is 0 Å². The van der Waals surface area contributed by atoms with Crippen LogP contribution in [-0.2, 0) is 17.6 Å². The summed E-state index contributed by atoms with van der Waals surface area (Å²) in [4.78, 5) is 18.9. The Balaban J connectivity index is 1.42. The second-order valence-corrected chi connectivity index (χ2v) is 6.16. The lowest BCUT2D eigenvalue weighted by Gasteiger charge is -2.29. The van der Waals surface area contributed by atoms with Gasteiger partial charge >= 0.3 is 0 Å². The maximum absolute atomic E-state index is 12.6. The van der Waals surface area contributed by atoms with Gasteiger partial charge in [0.25, 0.3) is 0 Å². The van der Waals surface area contributed by atoms with Crippen LogP contribution in [0.2, 0.25) is 0 Å². The van der Waals surface area contributed by atoms with Crippen molar-refractivity contribution < 1.29 is 9.32 Å². The second-order valence-electron chi connectivity index (χ2n) is 6.16. The number of anilines is 1. The highest BCUT2D eigenvalue weighted by atomic mass is 16.5. The predicted octanol–water partition coefficient (Wildman–Crippen LogP) is 3.65. The third-order valence-electron chi connectivity index (χ3n) is 4.46. The fourth-order valence-electron chi connectivity index (χ4n) is 3.20. The Morgan fingerprint density at radius 2 is 1.88 bits per heavy atom. The number of carbonyl (C=O) groups excluding carboxylic acids is 1. The normalized spacial score (nSPS) is 13.5. The highest BCUT2D eigenvalue weighted by Gasteiger charge is 2.22. The van der Waals surface area contributed by atoms with Crippen LogP contribution in [0.3, 0.4) is 0 Å². The molecule has 0 radical (unpaired) electrons. The summed E-state index contributed by atoms with van der Waals surface area (Å²) in [5.74, 6) is 1.16. The van der Waals surface area contributed by atoms with Crippen molar-refractivity contribution in [3.8, 4) is 11.4 Å². The Labute approximate surface area is 146 Å². The van der Waals surface area contributed by atoms with Crippen molar-refractivity contribution in [3.05, 3.63) is 66.1 Å². The lowest BCUT2D eigenvalue weighted by molar-refractivity contribution is -0.118. The van der Waals surface area contributed by atoms with Crippen LogP contribution in [0.1, 0.15) is 24.3 Å². The number of nitrogens with zero attached hydrogens (tertiary/aromatic N) is 3. The van der Waals surface area contributed by atoms with Gasteiger partial charge in [-0.3, -0.25) is 4.79 Å². The Hall–Kier alpha value is -2.95.